The third-order valence-electron chi connectivity index (χ3n) is 6.40. The van der Waals surface area contributed by atoms with Gasteiger partial charge >= 0.3 is 0 Å². The SMILES string of the molecule is CCC1(CC)c2c(-c3ccccc3)cccc2-c2n(cc[n+]2C)[C@@H]1C. The van der Waals surface area contributed by atoms with E-state index in [1.807, 2.05) is 0 Å². The van der Waals surface area contributed by atoms with E-state index in [2.05, 4.69) is 97.9 Å². The van der Waals surface area contributed by atoms with Crippen molar-refractivity contribution in [2.75, 3.05) is 0 Å². The van der Waals surface area contributed by atoms with E-state index < -0.39 is 0 Å². The fourth-order valence-corrected chi connectivity index (χ4v) is 4.94. The summed E-state index contributed by atoms with van der Waals surface area (Å²) in [4.78, 5) is 0. The summed E-state index contributed by atoms with van der Waals surface area (Å²) < 4.78 is 4.74. The molecule has 1 aliphatic heterocycles. The van der Waals surface area contributed by atoms with E-state index in [1.54, 1.807) is 0 Å². The van der Waals surface area contributed by atoms with Gasteiger partial charge in [-0.15, -0.1) is 0 Å². The number of benzene rings is 2. The molecule has 25 heavy (non-hydrogen) atoms. The van der Waals surface area contributed by atoms with Crippen LogP contribution in [-0.2, 0) is 12.5 Å². The average Bonchev–Trinajstić information content (AvgIpc) is 3.05. The fourth-order valence-electron chi connectivity index (χ4n) is 4.94. The van der Waals surface area contributed by atoms with Gasteiger partial charge in [-0.2, -0.15) is 0 Å². The standard InChI is InChI=1S/C23H27N2/c1-5-23(6-2)17(3)25-16-15-24(4)22(25)20-14-10-13-19(21(20)23)18-11-8-7-9-12-18/h7-17H,5-6H2,1-4H3/q+1/t17-/m1/s1. The molecule has 1 atom stereocenters. The molecule has 2 aromatic carbocycles. The molecule has 0 N–H and O–H groups in total. The molecule has 0 saturated heterocycles. The van der Waals surface area contributed by atoms with Gasteiger partial charge in [-0.25, -0.2) is 9.13 Å². The molecule has 0 spiro atoms. The van der Waals surface area contributed by atoms with Crippen LogP contribution >= 0.6 is 0 Å². The van der Waals surface area contributed by atoms with Gasteiger partial charge in [0.1, 0.15) is 18.4 Å². The maximum Gasteiger partial charge on any atom is 0.289 e. The minimum absolute atomic E-state index is 0.154. The number of aromatic nitrogens is 2. The van der Waals surface area contributed by atoms with Gasteiger partial charge in [0.25, 0.3) is 5.82 Å². The van der Waals surface area contributed by atoms with Crippen molar-refractivity contribution in [3.05, 3.63) is 66.5 Å². The maximum atomic E-state index is 2.48. The Morgan fingerprint density at radius 1 is 0.960 bits per heavy atom. The Kier molecular flexibility index (Phi) is 3.79. The zero-order valence-corrected chi connectivity index (χ0v) is 15.7. The molecule has 2 heteroatoms. The molecule has 2 nitrogen and oxygen atoms in total. The Bertz CT molecular complexity index is 901. The first-order valence-corrected chi connectivity index (χ1v) is 9.39. The van der Waals surface area contributed by atoms with Crippen molar-refractivity contribution in [1.29, 1.82) is 0 Å². The van der Waals surface area contributed by atoms with Crippen LogP contribution in [0.5, 0.6) is 0 Å². The Labute approximate surface area is 150 Å². The Morgan fingerprint density at radius 2 is 1.64 bits per heavy atom. The lowest BCUT2D eigenvalue weighted by molar-refractivity contribution is -0.660. The summed E-state index contributed by atoms with van der Waals surface area (Å²) in [6.07, 6.45) is 6.72. The van der Waals surface area contributed by atoms with E-state index in [0.717, 1.165) is 12.8 Å². The Hall–Kier alpha value is -2.35. The molecule has 3 aromatic rings. The minimum Gasteiger partial charge on any atom is -0.233 e. The van der Waals surface area contributed by atoms with Gasteiger partial charge < -0.3 is 0 Å². The van der Waals surface area contributed by atoms with Crippen LogP contribution in [0.3, 0.4) is 0 Å². The first kappa shape index (κ1) is 16.1. The monoisotopic (exact) mass is 331 g/mol. The Balaban J connectivity index is 2.11. The largest absolute Gasteiger partial charge is 0.289 e. The van der Waals surface area contributed by atoms with Gasteiger partial charge in [-0.1, -0.05) is 56.3 Å². The van der Waals surface area contributed by atoms with Crippen molar-refractivity contribution < 1.29 is 4.57 Å². The predicted octanol–water partition coefficient (Wildman–Crippen LogP) is 5.28. The first-order chi connectivity index (χ1) is 12.1. The lowest BCUT2D eigenvalue weighted by Crippen LogP contribution is -2.42. The molecule has 128 valence electrons. The second-order valence-electron chi connectivity index (χ2n) is 7.27. The number of imidazole rings is 1. The number of hydrogen-bond donors (Lipinski definition) is 0. The number of hydrogen-bond acceptors (Lipinski definition) is 0. The minimum atomic E-state index is 0.154. The third kappa shape index (κ3) is 2.13. The third-order valence-corrected chi connectivity index (χ3v) is 6.40. The Morgan fingerprint density at radius 3 is 2.32 bits per heavy atom. The highest BCUT2D eigenvalue weighted by atomic mass is 15.2. The van der Waals surface area contributed by atoms with Crippen LogP contribution in [0.1, 0.15) is 45.2 Å². The van der Waals surface area contributed by atoms with E-state index in [-0.39, 0.29) is 5.41 Å². The summed E-state index contributed by atoms with van der Waals surface area (Å²) in [6, 6.07) is 18.1. The number of nitrogens with zero attached hydrogens (tertiary/aromatic N) is 2. The van der Waals surface area contributed by atoms with E-state index >= 15 is 0 Å². The van der Waals surface area contributed by atoms with Gasteiger partial charge in [-0.05, 0) is 42.5 Å². The van der Waals surface area contributed by atoms with E-state index in [0.29, 0.717) is 6.04 Å². The number of aryl methyl sites for hydroxylation is 1. The van der Waals surface area contributed by atoms with Crippen molar-refractivity contribution >= 4 is 0 Å². The van der Waals surface area contributed by atoms with E-state index in [1.165, 1.54) is 28.1 Å². The predicted molar refractivity (Wildman–Crippen MR) is 103 cm³/mol. The van der Waals surface area contributed by atoms with E-state index in [9.17, 15) is 0 Å². The highest BCUT2D eigenvalue weighted by Gasteiger charge is 2.48. The summed E-state index contributed by atoms with van der Waals surface area (Å²) >= 11 is 0. The molecule has 0 bridgehead atoms. The molecule has 0 radical (unpaired) electrons. The molecule has 0 saturated carbocycles. The van der Waals surface area contributed by atoms with Crippen molar-refractivity contribution in [3.63, 3.8) is 0 Å². The van der Waals surface area contributed by atoms with Crippen LogP contribution in [-0.4, -0.2) is 4.57 Å². The number of fused-ring (bicyclic) bond motifs is 3. The summed E-state index contributed by atoms with van der Waals surface area (Å²) in [7, 11) is 2.16. The van der Waals surface area contributed by atoms with Crippen LogP contribution in [0.15, 0.2) is 60.9 Å². The molecule has 0 fully saturated rings. The zero-order chi connectivity index (χ0) is 17.6. The molecule has 4 rings (SSSR count). The summed E-state index contributed by atoms with van der Waals surface area (Å²) in [5, 5.41) is 0. The normalized spacial score (nSPS) is 17.8. The van der Waals surface area contributed by atoms with Crippen molar-refractivity contribution in [1.82, 2.24) is 4.57 Å². The van der Waals surface area contributed by atoms with Gasteiger partial charge in [0.15, 0.2) is 0 Å². The lowest BCUT2D eigenvalue weighted by atomic mass is 9.65. The summed E-state index contributed by atoms with van der Waals surface area (Å²) in [6.45, 7) is 7.08. The van der Waals surface area contributed by atoms with Gasteiger partial charge in [-0.3, -0.25) is 0 Å². The highest BCUT2D eigenvalue weighted by Crippen LogP contribution is 2.52. The van der Waals surface area contributed by atoms with Crippen molar-refractivity contribution in [2.45, 2.75) is 45.1 Å². The maximum absolute atomic E-state index is 2.48. The molecule has 1 aliphatic rings. The molecular formula is C23H27N2+. The fraction of sp³-hybridized carbons (Fsp3) is 0.348. The highest BCUT2D eigenvalue weighted by molar-refractivity contribution is 5.79. The van der Waals surface area contributed by atoms with Crippen molar-refractivity contribution in [3.8, 4) is 22.5 Å². The van der Waals surface area contributed by atoms with Crippen LogP contribution in [0, 0.1) is 0 Å². The molecule has 0 aliphatic carbocycles. The summed E-state index contributed by atoms with van der Waals surface area (Å²) in [5.74, 6) is 1.32. The average molecular weight is 331 g/mol. The first-order valence-electron chi connectivity index (χ1n) is 9.39. The number of rotatable bonds is 3. The van der Waals surface area contributed by atoms with Gasteiger partial charge in [0.05, 0.1) is 12.6 Å². The van der Waals surface area contributed by atoms with Gasteiger partial charge in [0, 0.05) is 5.41 Å². The quantitative estimate of drug-likeness (QED) is 0.577. The smallest absolute Gasteiger partial charge is 0.233 e. The van der Waals surface area contributed by atoms with Gasteiger partial charge in [0.2, 0.25) is 0 Å². The summed E-state index contributed by atoms with van der Waals surface area (Å²) in [5.41, 5.74) is 5.78. The van der Waals surface area contributed by atoms with Crippen LogP contribution in [0.25, 0.3) is 22.5 Å². The van der Waals surface area contributed by atoms with Crippen molar-refractivity contribution in [2.24, 2.45) is 7.05 Å². The second-order valence-corrected chi connectivity index (χ2v) is 7.27. The topological polar surface area (TPSA) is 8.81 Å². The molecule has 2 heterocycles. The molecule has 0 amide bonds. The van der Waals surface area contributed by atoms with Crippen LogP contribution in [0.2, 0.25) is 0 Å². The molecule has 1 aromatic heterocycles. The zero-order valence-electron chi connectivity index (χ0n) is 15.7. The second kappa shape index (κ2) is 5.87. The lowest BCUT2D eigenvalue weighted by Gasteiger charge is -2.42. The van der Waals surface area contributed by atoms with Crippen LogP contribution in [0.4, 0.5) is 0 Å². The molecular weight excluding hydrogens is 304 g/mol. The van der Waals surface area contributed by atoms with Crippen LogP contribution < -0.4 is 4.57 Å². The molecule has 0 unspecified atom stereocenters. The van der Waals surface area contributed by atoms with E-state index in [4.69, 9.17) is 0 Å².